The van der Waals surface area contributed by atoms with Gasteiger partial charge in [-0.15, -0.1) is 12.1 Å². The van der Waals surface area contributed by atoms with Gasteiger partial charge >= 0.3 is 23.1 Å². The van der Waals surface area contributed by atoms with Crippen molar-refractivity contribution in [1.29, 1.82) is 0 Å². The van der Waals surface area contributed by atoms with E-state index >= 15 is 0 Å². The van der Waals surface area contributed by atoms with Gasteiger partial charge < -0.3 is 21.7 Å². The number of ether oxygens (including phenoxy) is 1. The van der Waals surface area contributed by atoms with Gasteiger partial charge in [0.1, 0.15) is 12.4 Å². The summed E-state index contributed by atoms with van der Waals surface area (Å²) in [7, 11) is 0. The molecule has 0 radical (unpaired) electrons. The minimum atomic E-state index is -0.358. The molecule has 0 heterocycles. The Morgan fingerprint density at radius 3 is 2.56 bits per heavy atom. The van der Waals surface area contributed by atoms with Crippen molar-refractivity contribution in [2.45, 2.75) is 6.61 Å². The Kier molecular flexibility index (Phi) is 8.60. The molecule has 18 heavy (non-hydrogen) atoms. The smallest absolute Gasteiger partial charge is 1.00 e. The Bertz CT molecular complexity index is 461. The summed E-state index contributed by atoms with van der Waals surface area (Å²) in [4.78, 5) is 0. The van der Waals surface area contributed by atoms with Crippen LogP contribution in [0.1, 0.15) is 5.56 Å². The monoisotopic (exact) mass is 338 g/mol. The summed E-state index contributed by atoms with van der Waals surface area (Å²) in [5.74, 6) is 0.213. The minimum Gasteiger partial charge on any atom is -1.00 e. The van der Waals surface area contributed by atoms with Crippen LogP contribution in [0, 0.1) is 11.9 Å². The maximum atomic E-state index is 13.4. The quantitative estimate of drug-likeness (QED) is 0.584. The van der Waals surface area contributed by atoms with Crippen LogP contribution in [0.15, 0.2) is 42.5 Å². The molecule has 0 spiro atoms. The summed E-state index contributed by atoms with van der Waals surface area (Å²) >= 11 is 5.87. The fourth-order valence-electron chi connectivity index (χ4n) is 1.29. The second-order valence-corrected chi connectivity index (χ2v) is 3.62. The molecule has 2 aromatic carbocycles. The summed E-state index contributed by atoms with van der Waals surface area (Å²) in [6, 6.07) is 14.6. The Hall–Kier alpha value is -0.294. The predicted molar refractivity (Wildman–Crippen MR) is 66.8 cm³/mol. The molecule has 0 unspecified atom stereocenters. The van der Waals surface area contributed by atoms with Crippen molar-refractivity contribution in [1.82, 2.24) is 0 Å². The van der Waals surface area contributed by atoms with Gasteiger partial charge in [0.05, 0.1) is 5.02 Å². The predicted octanol–water partition coefficient (Wildman–Crippen LogP) is 0.481. The number of para-hydroxylation sites is 1. The molecule has 0 aliphatic heterocycles. The molecule has 0 saturated heterocycles. The van der Waals surface area contributed by atoms with Crippen LogP contribution in [-0.2, 0) is 6.61 Å². The van der Waals surface area contributed by atoms with E-state index < -0.39 is 0 Å². The number of hydrogen-bond donors (Lipinski definition) is 0. The number of rotatable bonds is 3. The molecular weight excluding hydrogens is 331 g/mol. The van der Waals surface area contributed by atoms with Crippen LogP contribution < -0.4 is 21.7 Å². The molecule has 2 rings (SSSR count). The third kappa shape index (κ3) is 4.76. The zero-order valence-electron chi connectivity index (χ0n) is 9.50. The molecule has 90 valence electrons. The van der Waals surface area contributed by atoms with Crippen molar-refractivity contribution < 1.29 is 26.1 Å². The Morgan fingerprint density at radius 2 is 1.94 bits per heavy atom. The van der Waals surface area contributed by atoms with Crippen molar-refractivity contribution in [3.63, 3.8) is 0 Å². The van der Waals surface area contributed by atoms with Crippen LogP contribution in [0.2, 0.25) is 5.02 Å². The molecule has 0 aliphatic carbocycles. The maximum Gasteiger partial charge on any atom is 2.00 e. The Labute approximate surface area is 137 Å². The van der Waals surface area contributed by atoms with Gasteiger partial charge in [0.15, 0.2) is 0 Å². The van der Waals surface area contributed by atoms with E-state index in [1.54, 1.807) is 24.3 Å². The van der Waals surface area contributed by atoms with E-state index in [9.17, 15) is 4.39 Å². The van der Waals surface area contributed by atoms with Gasteiger partial charge in [0.25, 0.3) is 0 Å². The van der Waals surface area contributed by atoms with Crippen molar-refractivity contribution in [3.8, 4) is 5.75 Å². The van der Waals surface area contributed by atoms with E-state index in [1.807, 2.05) is 12.1 Å². The van der Waals surface area contributed by atoms with E-state index in [0.717, 1.165) is 0 Å². The van der Waals surface area contributed by atoms with Gasteiger partial charge in [-0.2, -0.15) is 18.2 Å². The van der Waals surface area contributed by atoms with Crippen LogP contribution in [0.4, 0.5) is 4.39 Å². The molecule has 0 aliphatic rings. The second kappa shape index (κ2) is 8.75. The molecule has 0 aromatic heterocycles. The van der Waals surface area contributed by atoms with Crippen molar-refractivity contribution >= 4 is 34.7 Å². The molecule has 0 atom stereocenters. The maximum absolute atomic E-state index is 13.4. The standard InChI is InChI=1S/C13H9ClFO.BrH.Mg/c14-12-7-4-8-13(15)11(12)9-16-10-5-2-1-3-6-10;;/h1-5,7-8H,9H2;1H;/q-1;;+2/p-1. The van der Waals surface area contributed by atoms with E-state index in [0.29, 0.717) is 16.3 Å². The molecule has 0 N–H and O–H groups in total. The van der Waals surface area contributed by atoms with E-state index in [2.05, 4.69) is 6.07 Å². The van der Waals surface area contributed by atoms with Gasteiger partial charge in [-0.1, -0.05) is 17.7 Å². The van der Waals surface area contributed by atoms with E-state index in [1.165, 1.54) is 6.07 Å². The number of hydrogen-bond acceptors (Lipinski definition) is 1. The van der Waals surface area contributed by atoms with E-state index in [-0.39, 0.29) is 52.5 Å². The minimum absolute atomic E-state index is 0. The van der Waals surface area contributed by atoms with Gasteiger partial charge in [0.2, 0.25) is 0 Å². The molecule has 0 saturated carbocycles. The first-order chi connectivity index (χ1) is 7.77. The van der Waals surface area contributed by atoms with Crippen molar-refractivity contribution in [2.24, 2.45) is 0 Å². The molecular formula is C13H9BrClFMgO. The van der Waals surface area contributed by atoms with Gasteiger partial charge in [-0.05, 0) is 12.1 Å². The molecule has 0 amide bonds. The van der Waals surface area contributed by atoms with Crippen LogP contribution in [0.25, 0.3) is 0 Å². The molecule has 0 fully saturated rings. The topological polar surface area (TPSA) is 9.23 Å². The molecule has 5 heteroatoms. The van der Waals surface area contributed by atoms with Crippen LogP contribution in [0.5, 0.6) is 5.75 Å². The second-order valence-electron chi connectivity index (χ2n) is 3.22. The number of benzene rings is 2. The Morgan fingerprint density at radius 1 is 1.17 bits per heavy atom. The van der Waals surface area contributed by atoms with Crippen LogP contribution in [0.3, 0.4) is 0 Å². The summed E-state index contributed by atoms with van der Waals surface area (Å²) in [5, 5.41) is 0.371. The van der Waals surface area contributed by atoms with E-state index in [4.69, 9.17) is 16.3 Å². The first-order valence-electron chi connectivity index (χ1n) is 4.80. The number of halogens is 3. The van der Waals surface area contributed by atoms with Gasteiger partial charge in [-0.25, -0.2) is 4.39 Å². The van der Waals surface area contributed by atoms with Gasteiger partial charge in [0, 0.05) is 11.3 Å². The molecule has 0 bridgehead atoms. The van der Waals surface area contributed by atoms with Crippen molar-refractivity contribution in [2.75, 3.05) is 0 Å². The normalized spacial score (nSPS) is 9.00. The zero-order chi connectivity index (χ0) is 11.4. The van der Waals surface area contributed by atoms with Crippen LogP contribution >= 0.6 is 11.6 Å². The average molecular weight is 340 g/mol. The summed E-state index contributed by atoms with van der Waals surface area (Å²) in [6.45, 7) is 0.103. The van der Waals surface area contributed by atoms with Crippen LogP contribution in [-0.4, -0.2) is 23.1 Å². The Balaban J connectivity index is 0.00000144. The van der Waals surface area contributed by atoms with Gasteiger partial charge in [-0.3, -0.25) is 0 Å². The zero-order valence-corrected chi connectivity index (χ0v) is 13.3. The average Bonchev–Trinajstić information content (AvgIpc) is 2.30. The molecule has 1 nitrogen and oxygen atoms in total. The largest absolute Gasteiger partial charge is 2.00 e. The fraction of sp³-hybridized carbons (Fsp3) is 0.0769. The fourth-order valence-corrected chi connectivity index (χ4v) is 1.50. The first-order valence-corrected chi connectivity index (χ1v) is 5.17. The SMILES string of the molecule is Fc1cccc(Cl)c1COc1[c-]cccc1.[Br-].[Mg+2]. The van der Waals surface area contributed by atoms with Crippen molar-refractivity contribution in [3.05, 3.63) is 64.9 Å². The summed E-state index contributed by atoms with van der Waals surface area (Å²) in [6.07, 6.45) is 0. The third-order valence-electron chi connectivity index (χ3n) is 2.11. The first kappa shape index (κ1) is 17.7. The summed E-state index contributed by atoms with van der Waals surface area (Å²) in [5.41, 5.74) is 0.362. The molecule has 2 aromatic rings. The summed E-state index contributed by atoms with van der Waals surface area (Å²) < 4.78 is 18.8. The third-order valence-corrected chi connectivity index (χ3v) is 2.47.